The Bertz CT molecular complexity index is 355. The second-order valence-electron chi connectivity index (χ2n) is 4.71. The Morgan fingerprint density at radius 3 is 2.60 bits per heavy atom. The van der Waals surface area contributed by atoms with E-state index in [1.807, 2.05) is 11.4 Å². The lowest BCUT2D eigenvalue weighted by Crippen LogP contribution is -2.69. The highest BCUT2D eigenvalue weighted by Gasteiger charge is 2.66. The van der Waals surface area contributed by atoms with Crippen molar-refractivity contribution in [2.45, 2.75) is 25.3 Å². The van der Waals surface area contributed by atoms with Crippen LogP contribution in [0.1, 0.15) is 17.7 Å². The lowest BCUT2D eigenvalue weighted by Gasteiger charge is -2.60. The van der Waals surface area contributed by atoms with Gasteiger partial charge in [0.15, 0.2) is 0 Å². The zero-order valence-electron chi connectivity index (χ0n) is 8.38. The summed E-state index contributed by atoms with van der Waals surface area (Å²) < 4.78 is 26.5. The molecule has 1 saturated heterocycles. The van der Waals surface area contributed by atoms with Gasteiger partial charge in [0.2, 0.25) is 0 Å². The van der Waals surface area contributed by atoms with Crippen LogP contribution in [0, 0.1) is 5.41 Å². The Morgan fingerprint density at radius 1 is 1.33 bits per heavy atom. The zero-order valence-corrected chi connectivity index (χ0v) is 9.20. The van der Waals surface area contributed by atoms with Crippen molar-refractivity contribution in [1.82, 2.24) is 4.90 Å². The summed E-state index contributed by atoms with van der Waals surface area (Å²) in [5, 5.41) is 2.03. The molecule has 1 nitrogen and oxygen atoms in total. The fraction of sp³-hybridized carbons (Fsp3) is 0.636. The minimum atomic E-state index is -2.39. The van der Waals surface area contributed by atoms with Crippen LogP contribution in [-0.4, -0.2) is 23.9 Å². The van der Waals surface area contributed by atoms with E-state index in [9.17, 15) is 8.78 Å². The summed E-state index contributed by atoms with van der Waals surface area (Å²) in [5.74, 6) is -2.39. The number of nitrogens with zero attached hydrogens (tertiary/aromatic N) is 1. The molecular weight excluding hydrogens is 216 g/mol. The molecule has 2 fully saturated rings. The van der Waals surface area contributed by atoms with Crippen LogP contribution < -0.4 is 0 Å². The van der Waals surface area contributed by atoms with Gasteiger partial charge in [-0.25, -0.2) is 8.78 Å². The first kappa shape index (κ1) is 9.73. The quantitative estimate of drug-likeness (QED) is 0.753. The molecule has 0 N–H and O–H groups in total. The molecule has 1 aliphatic heterocycles. The second-order valence-corrected chi connectivity index (χ2v) is 5.74. The van der Waals surface area contributed by atoms with Crippen LogP contribution >= 0.6 is 11.3 Å². The third-order valence-corrected chi connectivity index (χ3v) is 4.57. The van der Waals surface area contributed by atoms with Crippen LogP contribution in [0.4, 0.5) is 8.78 Å². The highest BCUT2D eigenvalue weighted by Crippen LogP contribution is 2.59. The molecule has 0 bridgehead atoms. The third-order valence-electron chi connectivity index (χ3n) is 3.71. The van der Waals surface area contributed by atoms with Crippen molar-refractivity contribution >= 4 is 11.3 Å². The van der Waals surface area contributed by atoms with Crippen LogP contribution in [-0.2, 0) is 6.54 Å². The molecule has 1 aromatic heterocycles. The van der Waals surface area contributed by atoms with Gasteiger partial charge in [-0.3, -0.25) is 4.90 Å². The molecule has 4 heteroatoms. The molecule has 0 radical (unpaired) electrons. The van der Waals surface area contributed by atoms with Crippen molar-refractivity contribution in [2.24, 2.45) is 5.41 Å². The van der Waals surface area contributed by atoms with E-state index in [0.717, 1.165) is 6.54 Å². The molecule has 1 aromatic rings. The molecular formula is C11H13F2NS. The molecule has 3 rings (SSSR count). The van der Waals surface area contributed by atoms with Gasteiger partial charge in [0.25, 0.3) is 5.92 Å². The highest BCUT2D eigenvalue weighted by molar-refractivity contribution is 7.09. The Hall–Kier alpha value is -0.480. The molecule has 1 saturated carbocycles. The topological polar surface area (TPSA) is 3.24 Å². The SMILES string of the molecule is FC1(F)CCC12CN(Cc1cccs1)C2. The van der Waals surface area contributed by atoms with Crippen LogP contribution in [0.5, 0.6) is 0 Å². The summed E-state index contributed by atoms with van der Waals surface area (Å²) in [4.78, 5) is 3.39. The van der Waals surface area contributed by atoms with Crippen molar-refractivity contribution in [1.29, 1.82) is 0 Å². The Morgan fingerprint density at radius 2 is 2.13 bits per heavy atom. The van der Waals surface area contributed by atoms with Crippen molar-refractivity contribution in [3.63, 3.8) is 0 Å². The maximum Gasteiger partial charge on any atom is 0.256 e. The van der Waals surface area contributed by atoms with Gasteiger partial charge < -0.3 is 0 Å². The largest absolute Gasteiger partial charge is 0.297 e. The lowest BCUT2D eigenvalue weighted by atomic mass is 9.60. The standard InChI is InChI=1S/C11H13F2NS/c12-11(13)4-3-10(11)7-14(8-10)6-9-2-1-5-15-9/h1-2,5H,3-4,6-8H2. The van der Waals surface area contributed by atoms with E-state index >= 15 is 0 Å². The van der Waals surface area contributed by atoms with Crippen LogP contribution in [0.15, 0.2) is 17.5 Å². The van der Waals surface area contributed by atoms with Crippen molar-refractivity contribution in [3.05, 3.63) is 22.4 Å². The van der Waals surface area contributed by atoms with Gasteiger partial charge in [-0.15, -0.1) is 11.3 Å². The van der Waals surface area contributed by atoms with E-state index < -0.39 is 11.3 Å². The monoisotopic (exact) mass is 229 g/mol. The molecule has 0 atom stereocenters. The molecule has 2 heterocycles. The average Bonchev–Trinajstić information content (AvgIpc) is 2.60. The molecule has 15 heavy (non-hydrogen) atoms. The summed E-state index contributed by atoms with van der Waals surface area (Å²) in [6, 6.07) is 4.07. The normalized spacial score (nSPS) is 27.3. The van der Waals surface area contributed by atoms with Gasteiger partial charge in [0.1, 0.15) is 0 Å². The van der Waals surface area contributed by atoms with Gasteiger partial charge >= 0.3 is 0 Å². The number of alkyl halides is 2. The maximum absolute atomic E-state index is 13.3. The van der Waals surface area contributed by atoms with Crippen LogP contribution in [0.3, 0.4) is 0 Å². The smallest absolute Gasteiger partial charge is 0.256 e. The number of rotatable bonds is 2. The number of thiophene rings is 1. The van der Waals surface area contributed by atoms with Crippen LogP contribution in [0.2, 0.25) is 0 Å². The summed E-state index contributed by atoms with van der Waals surface area (Å²) in [7, 11) is 0. The van der Waals surface area contributed by atoms with E-state index in [0.29, 0.717) is 19.5 Å². The third kappa shape index (κ3) is 1.35. The number of hydrogen-bond acceptors (Lipinski definition) is 2. The summed E-state index contributed by atoms with van der Waals surface area (Å²) >= 11 is 1.70. The molecule has 2 aliphatic rings. The van der Waals surface area contributed by atoms with Gasteiger partial charge in [0, 0.05) is 30.9 Å². The second kappa shape index (κ2) is 3.01. The van der Waals surface area contributed by atoms with E-state index in [-0.39, 0.29) is 6.42 Å². The predicted molar refractivity (Wildman–Crippen MR) is 56.2 cm³/mol. The highest BCUT2D eigenvalue weighted by atomic mass is 32.1. The number of likely N-dealkylation sites (tertiary alicyclic amines) is 1. The minimum Gasteiger partial charge on any atom is -0.297 e. The molecule has 1 aliphatic carbocycles. The van der Waals surface area contributed by atoms with Gasteiger partial charge in [-0.1, -0.05) is 6.07 Å². The molecule has 0 amide bonds. The Labute approximate surface area is 91.7 Å². The Balaban J connectivity index is 1.58. The summed E-state index contributed by atoms with van der Waals surface area (Å²) in [5.41, 5.74) is -0.649. The van der Waals surface area contributed by atoms with Crippen molar-refractivity contribution in [2.75, 3.05) is 13.1 Å². The van der Waals surface area contributed by atoms with Crippen LogP contribution in [0.25, 0.3) is 0 Å². The summed E-state index contributed by atoms with van der Waals surface area (Å²) in [6.07, 6.45) is 0.806. The minimum absolute atomic E-state index is 0.0971. The van der Waals surface area contributed by atoms with Crippen molar-refractivity contribution in [3.8, 4) is 0 Å². The molecule has 82 valence electrons. The first-order chi connectivity index (χ1) is 7.11. The first-order valence-electron chi connectivity index (χ1n) is 5.24. The fourth-order valence-electron chi connectivity index (χ4n) is 2.60. The zero-order chi connectivity index (χ0) is 10.5. The molecule has 1 spiro atoms. The molecule has 0 aromatic carbocycles. The first-order valence-corrected chi connectivity index (χ1v) is 6.12. The van der Waals surface area contributed by atoms with E-state index in [1.165, 1.54) is 4.88 Å². The van der Waals surface area contributed by atoms with Crippen molar-refractivity contribution < 1.29 is 8.78 Å². The lowest BCUT2D eigenvalue weighted by molar-refractivity contribution is -0.260. The van der Waals surface area contributed by atoms with Gasteiger partial charge in [-0.05, 0) is 17.9 Å². The van der Waals surface area contributed by atoms with E-state index in [4.69, 9.17) is 0 Å². The van der Waals surface area contributed by atoms with E-state index in [2.05, 4.69) is 11.0 Å². The fourth-order valence-corrected chi connectivity index (χ4v) is 3.35. The predicted octanol–water partition coefficient (Wildman–Crippen LogP) is 2.98. The van der Waals surface area contributed by atoms with E-state index in [1.54, 1.807) is 11.3 Å². The van der Waals surface area contributed by atoms with Gasteiger partial charge in [-0.2, -0.15) is 0 Å². The number of hydrogen-bond donors (Lipinski definition) is 0. The molecule has 0 unspecified atom stereocenters. The average molecular weight is 229 g/mol. The summed E-state index contributed by atoms with van der Waals surface area (Å²) in [6.45, 7) is 2.01. The maximum atomic E-state index is 13.3. The van der Waals surface area contributed by atoms with Gasteiger partial charge in [0.05, 0.1) is 5.41 Å². The Kier molecular flexibility index (Phi) is 1.95. The number of halogens is 2.